The Morgan fingerprint density at radius 3 is 2.61 bits per heavy atom. The van der Waals surface area contributed by atoms with Gasteiger partial charge >= 0.3 is 0 Å². The van der Waals surface area contributed by atoms with Crippen LogP contribution in [0.3, 0.4) is 0 Å². The molecule has 2 fully saturated rings. The number of hydrogen-bond donors (Lipinski definition) is 2. The molecule has 3 unspecified atom stereocenters. The molecular formula is C22H43N3O2S. The van der Waals surface area contributed by atoms with E-state index in [0.29, 0.717) is 17.4 Å². The molecule has 5 nitrogen and oxygen atoms in total. The van der Waals surface area contributed by atoms with Crippen molar-refractivity contribution in [3.05, 3.63) is 0 Å². The van der Waals surface area contributed by atoms with Crippen LogP contribution in [-0.4, -0.2) is 53.0 Å². The lowest BCUT2D eigenvalue weighted by molar-refractivity contribution is 0.0264. The minimum atomic E-state index is -0.677. The molecule has 0 heterocycles. The standard InChI is InChI=1S/C22H43N3O2S/c1-3-23-22(25-19-12-11-15-21(18-19)28(26)4-2)24-16-9-6-10-17-27-20-13-7-5-8-14-20/h19-21H,3-18H2,1-2H3,(H2,23,24,25). The summed E-state index contributed by atoms with van der Waals surface area (Å²) in [4.78, 5) is 4.76. The zero-order valence-corrected chi connectivity index (χ0v) is 19.0. The normalized spacial score (nSPS) is 25.4. The molecule has 6 heteroatoms. The lowest BCUT2D eigenvalue weighted by atomic mass is 9.95. The van der Waals surface area contributed by atoms with Gasteiger partial charge in [0.05, 0.1) is 6.10 Å². The Morgan fingerprint density at radius 2 is 1.86 bits per heavy atom. The van der Waals surface area contributed by atoms with Gasteiger partial charge in [-0.3, -0.25) is 9.20 Å². The van der Waals surface area contributed by atoms with Gasteiger partial charge in [-0.2, -0.15) is 0 Å². The molecule has 0 aromatic heterocycles. The van der Waals surface area contributed by atoms with Crippen molar-refractivity contribution in [2.75, 3.05) is 25.4 Å². The predicted molar refractivity (Wildman–Crippen MR) is 121 cm³/mol. The fourth-order valence-electron chi connectivity index (χ4n) is 4.33. The average molecular weight is 414 g/mol. The number of nitrogens with one attached hydrogen (secondary N) is 2. The fraction of sp³-hybridized carbons (Fsp3) is 0.955. The first-order valence-electron chi connectivity index (χ1n) is 11.8. The Labute approximate surface area is 175 Å². The lowest BCUT2D eigenvalue weighted by Crippen LogP contribution is -2.46. The van der Waals surface area contributed by atoms with Crippen LogP contribution >= 0.6 is 0 Å². The van der Waals surface area contributed by atoms with Crippen molar-refractivity contribution in [3.8, 4) is 0 Å². The van der Waals surface area contributed by atoms with Crippen molar-refractivity contribution in [3.63, 3.8) is 0 Å². The van der Waals surface area contributed by atoms with E-state index in [0.717, 1.165) is 69.9 Å². The molecule has 0 aliphatic heterocycles. The number of nitrogens with zero attached hydrogens (tertiary/aromatic N) is 1. The maximum absolute atomic E-state index is 12.1. The minimum Gasteiger partial charge on any atom is -0.378 e. The minimum absolute atomic E-state index is 0.350. The molecule has 0 spiro atoms. The van der Waals surface area contributed by atoms with Gasteiger partial charge in [0.2, 0.25) is 0 Å². The molecule has 0 bridgehead atoms. The molecule has 2 aliphatic carbocycles. The smallest absolute Gasteiger partial charge is 0.191 e. The topological polar surface area (TPSA) is 62.7 Å². The van der Waals surface area contributed by atoms with Crippen LogP contribution in [0, 0.1) is 0 Å². The highest BCUT2D eigenvalue weighted by Gasteiger charge is 2.26. The zero-order chi connectivity index (χ0) is 20.0. The first-order valence-corrected chi connectivity index (χ1v) is 13.1. The molecule has 2 rings (SSSR count). The first-order chi connectivity index (χ1) is 13.7. The van der Waals surface area contributed by atoms with Crippen LogP contribution in [0.4, 0.5) is 0 Å². The summed E-state index contributed by atoms with van der Waals surface area (Å²) in [5.74, 6) is 1.70. The Balaban J connectivity index is 1.62. The summed E-state index contributed by atoms with van der Waals surface area (Å²) in [6, 6.07) is 0.399. The summed E-state index contributed by atoms with van der Waals surface area (Å²) in [7, 11) is -0.677. The number of guanidine groups is 1. The third-order valence-electron chi connectivity index (χ3n) is 5.95. The highest BCUT2D eigenvalue weighted by atomic mass is 32.2. The number of aliphatic imine (C=N–C) groups is 1. The van der Waals surface area contributed by atoms with Crippen LogP contribution in [0.25, 0.3) is 0 Å². The molecule has 0 aromatic carbocycles. The summed E-state index contributed by atoms with van der Waals surface area (Å²) in [5, 5.41) is 7.31. The molecule has 0 aromatic rings. The largest absolute Gasteiger partial charge is 0.378 e. The Morgan fingerprint density at radius 1 is 1.04 bits per heavy atom. The summed E-state index contributed by atoms with van der Waals surface area (Å²) in [5.41, 5.74) is 0. The van der Waals surface area contributed by atoms with Gasteiger partial charge in [0.15, 0.2) is 5.96 Å². The number of rotatable bonds is 11. The van der Waals surface area contributed by atoms with Gasteiger partial charge in [-0.15, -0.1) is 0 Å². The summed E-state index contributed by atoms with van der Waals surface area (Å²) < 4.78 is 18.2. The summed E-state index contributed by atoms with van der Waals surface area (Å²) in [6.07, 6.45) is 15.0. The van der Waals surface area contributed by atoms with E-state index in [4.69, 9.17) is 9.73 Å². The predicted octanol–water partition coefficient (Wildman–Crippen LogP) is 4.14. The van der Waals surface area contributed by atoms with E-state index in [1.165, 1.54) is 38.5 Å². The Kier molecular flexibility index (Phi) is 12.1. The Bertz CT molecular complexity index is 467. The van der Waals surface area contributed by atoms with Gasteiger partial charge in [0.1, 0.15) is 0 Å². The average Bonchev–Trinajstić information content (AvgIpc) is 2.73. The van der Waals surface area contributed by atoms with E-state index < -0.39 is 10.8 Å². The van der Waals surface area contributed by atoms with E-state index in [9.17, 15) is 4.21 Å². The second-order valence-corrected chi connectivity index (χ2v) is 10.3. The fourth-order valence-corrected chi connectivity index (χ4v) is 5.68. The van der Waals surface area contributed by atoms with E-state index in [1.807, 2.05) is 6.92 Å². The van der Waals surface area contributed by atoms with Gasteiger partial charge in [-0.25, -0.2) is 0 Å². The number of ether oxygens (including phenoxy) is 1. The van der Waals surface area contributed by atoms with Crippen LogP contribution in [0.5, 0.6) is 0 Å². The van der Waals surface area contributed by atoms with Gasteiger partial charge < -0.3 is 15.4 Å². The Hall–Kier alpha value is -0.620. The molecule has 3 atom stereocenters. The van der Waals surface area contributed by atoms with E-state index >= 15 is 0 Å². The van der Waals surface area contributed by atoms with Crippen LogP contribution in [0.2, 0.25) is 0 Å². The van der Waals surface area contributed by atoms with Gasteiger partial charge in [-0.05, 0) is 58.3 Å². The molecule has 2 saturated carbocycles. The maximum atomic E-state index is 12.1. The highest BCUT2D eigenvalue weighted by molar-refractivity contribution is 7.85. The SMILES string of the molecule is CCNC(=NCCCCCOC1CCCCC1)NC1CCCC(S(=O)CC)C1. The molecule has 28 heavy (non-hydrogen) atoms. The van der Waals surface area contributed by atoms with Crippen molar-refractivity contribution in [2.45, 2.75) is 108 Å². The van der Waals surface area contributed by atoms with Crippen molar-refractivity contribution in [1.82, 2.24) is 10.6 Å². The summed E-state index contributed by atoms with van der Waals surface area (Å²) in [6.45, 7) is 6.77. The van der Waals surface area contributed by atoms with Gasteiger partial charge in [0.25, 0.3) is 0 Å². The van der Waals surface area contributed by atoms with Crippen molar-refractivity contribution in [1.29, 1.82) is 0 Å². The van der Waals surface area contributed by atoms with Gasteiger partial charge in [0, 0.05) is 47.5 Å². The third kappa shape index (κ3) is 9.25. The maximum Gasteiger partial charge on any atom is 0.191 e. The monoisotopic (exact) mass is 413 g/mol. The highest BCUT2D eigenvalue weighted by Crippen LogP contribution is 2.23. The van der Waals surface area contributed by atoms with E-state index in [2.05, 4.69) is 17.6 Å². The molecule has 0 amide bonds. The lowest BCUT2D eigenvalue weighted by Gasteiger charge is -2.30. The van der Waals surface area contributed by atoms with Crippen molar-refractivity contribution in [2.24, 2.45) is 4.99 Å². The third-order valence-corrected chi connectivity index (χ3v) is 7.69. The molecule has 2 N–H and O–H groups in total. The molecule has 2 aliphatic rings. The second kappa shape index (κ2) is 14.4. The van der Waals surface area contributed by atoms with Crippen LogP contribution in [0.1, 0.15) is 90.9 Å². The molecular weight excluding hydrogens is 370 g/mol. The van der Waals surface area contributed by atoms with Crippen molar-refractivity contribution < 1.29 is 8.95 Å². The van der Waals surface area contributed by atoms with Crippen LogP contribution in [-0.2, 0) is 15.5 Å². The van der Waals surface area contributed by atoms with Crippen molar-refractivity contribution >= 4 is 16.8 Å². The van der Waals surface area contributed by atoms with Crippen LogP contribution < -0.4 is 10.6 Å². The molecule has 0 radical (unpaired) electrons. The number of unbranched alkanes of at least 4 members (excludes halogenated alkanes) is 2. The zero-order valence-electron chi connectivity index (χ0n) is 18.2. The number of hydrogen-bond acceptors (Lipinski definition) is 3. The van der Waals surface area contributed by atoms with Gasteiger partial charge in [-0.1, -0.05) is 32.6 Å². The van der Waals surface area contributed by atoms with E-state index in [-0.39, 0.29) is 0 Å². The van der Waals surface area contributed by atoms with Crippen LogP contribution in [0.15, 0.2) is 4.99 Å². The first kappa shape index (κ1) is 23.7. The van der Waals surface area contributed by atoms with E-state index in [1.54, 1.807) is 0 Å². The summed E-state index contributed by atoms with van der Waals surface area (Å²) >= 11 is 0. The quantitative estimate of drug-likeness (QED) is 0.304. The second-order valence-electron chi connectivity index (χ2n) is 8.25. The molecule has 164 valence electrons. The molecule has 0 saturated heterocycles.